The predicted molar refractivity (Wildman–Crippen MR) is 146 cm³/mol. The first kappa shape index (κ1) is 29.1. The zero-order chi connectivity index (χ0) is 27.8. The van der Waals surface area contributed by atoms with Crippen LogP contribution in [-0.2, 0) is 35.0 Å². The second-order valence-electron chi connectivity index (χ2n) is 10.4. The summed E-state index contributed by atoms with van der Waals surface area (Å²) in [6.45, 7) is 15.6. The first-order chi connectivity index (χ1) is 18.0. The molecule has 2 aromatic carbocycles. The van der Waals surface area contributed by atoms with E-state index in [0.717, 1.165) is 24.0 Å². The molecule has 0 amide bonds. The van der Waals surface area contributed by atoms with Gasteiger partial charge in [-0.3, -0.25) is 0 Å². The third-order valence-corrected chi connectivity index (χ3v) is 6.19. The monoisotopic (exact) mass is 522 g/mol. The van der Waals surface area contributed by atoms with Crippen molar-refractivity contribution in [2.45, 2.75) is 46.3 Å². The van der Waals surface area contributed by atoms with E-state index in [4.69, 9.17) is 23.7 Å². The summed E-state index contributed by atoms with van der Waals surface area (Å²) in [7, 11) is 0. The molecule has 0 bridgehead atoms. The Labute approximate surface area is 225 Å². The van der Waals surface area contributed by atoms with Gasteiger partial charge in [-0.1, -0.05) is 49.6 Å². The number of aryl methyl sites for hydroxylation is 1. The molecule has 3 rings (SSSR count). The molecule has 1 saturated heterocycles. The van der Waals surface area contributed by atoms with E-state index in [1.165, 1.54) is 5.56 Å². The molecule has 0 unspecified atom stereocenters. The van der Waals surface area contributed by atoms with Crippen molar-refractivity contribution in [3.05, 3.63) is 78.4 Å². The summed E-state index contributed by atoms with van der Waals surface area (Å²) in [5.74, 6) is -0.796. The highest BCUT2D eigenvalue weighted by Crippen LogP contribution is 2.32. The molecule has 0 saturated carbocycles. The van der Waals surface area contributed by atoms with Crippen molar-refractivity contribution < 1.29 is 33.3 Å². The molecule has 0 aliphatic carbocycles. The standard InChI is InChI=1S/C31H38O7/c1-22(2)28(32)34-17-7-8-24-9-11-25(12-10-24)26-13-15-27(16-14-26)35-18-31(19-36-29(33)23(3)4)20-37-30(5,6)38-21-31/h9-16H,1,3,7-8,17-21H2,2,4-6H3. The van der Waals surface area contributed by atoms with Gasteiger partial charge in [-0.25, -0.2) is 9.59 Å². The van der Waals surface area contributed by atoms with Crippen LogP contribution in [0.15, 0.2) is 72.8 Å². The molecule has 0 aromatic heterocycles. The molecule has 0 atom stereocenters. The third-order valence-electron chi connectivity index (χ3n) is 6.19. The summed E-state index contributed by atoms with van der Waals surface area (Å²) in [5.41, 5.74) is 3.46. The highest BCUT2D eigenvalue weighted by Gasteiger charge is 2.42. The van der Waals surface area contributed by atoms with Gasteiger partial charge in [0, 0.05) is 11.1 Å². The first-order valence-corrected chi connectivity index (χ1v) is 12.7. The fourth-order valence-electron chi connectivity index (χ4n) is 3.70. The van der Waals surface area contributed by atoms with E-state index >= 15 is 0 Å². The second kappa shape index (κ2) is 12.9. The summed E-state index contributed by atoms with van der Waals surface area (Å²) >= 11 is 0. The van der Waals surface area contributed by atoms with E-state index in [-0.39, 0.29) is 19.2 Å². The highest BCUT2D eigenvalue weighted by atomic mass is 16.7. The molecule has 0 spiro atoms. The quantitative estimate of drug-likeness (QED) is 0.202. The maximum absolute atomic E-state index is 12.0. The molecule has 1 heterocycles. The van der Waals surface area contributed by atoms with Crippen LogP contribution in [0.25, 0.3) is 11.1 Å². The Morgan fingerprint density at radius 2 is 1.34 bits per heavy atom. The lowest BCUT2D eigenvalue weighted by Crippen LogP contribution is -2.52. The zero-order valence-corrected chi connectivity index (χ0v) is 22.8. The van der Waals surface area contributed by atoms with Crippen molar-refractivity contribution in [3.8, 4) is 16.9 Å². The Morgan fingerprint density at radius 3 is 1.89 bits per heavy atom. The van der Waals surface area contributed by atoms with Crippen LogP contribution < -0.4 is 4.74 Å². The van der Waals surface area contributed by atoms with E-state index in [2.05, 4.69) is 37.4 Å². The van der Waals surface area contributed by atoms with Crippen molar-refractivity contribution >= 4 is 11.9 Å². The molecule has 0 radical (unpaired) electrons. The maximum atomic E-state index is 12.0. The van der Waals surface area contributed by atoms with Gasteiger partial charge in [-0.05, 0) is 69.4 Å². The number of rotatable bonds is 12. The smallest absolute Gasteiger partial charge is 0.333 e. The number of ether oxygens (including phenoxy) is 5. The lowest BCUT2D eigenvalue weighted by atomic mass is 9.91. The third kappa shape index (κ3) is 8.57. The molecule has 2 aromatic rings. The van der Waals surface area contributed by atoms with E-state index in [0.29, 0.717) is 36.7 Å². The second-order valence-corrected chi connectivity index (χ2v) is 10.4. The van der Waals surface area contributed by atoms with Crippen LogP contribution in [0.5, 0.6) is 5.75 Å². The van der Waals surface area contributed by atoms with E-state index < -0.39 is 17.2 Å². The van der Waals surface area contributed by atoms with Gasteiger partial charge in [0.25, 0.3) is 0 Å². The minimum Gasteiger partial charge on any atom is -0.493 e. The fourth-order valence-corrected chi connectivity index (χ4v) is 3.70. The predicted octanol–water partition coefficient (Wildman–Crippen LogP) is 5.67. The number of benzene rings is 2. The van der Waals surface area contributed by atoms with Gasteiger partial charge in [0.15, 0.2) is 5.79 Å². The largest absolute Gasteiger partial charge is 0.493 e. The summed E-state index contributed by atoms with van der Waals surface area (Å²) in [5, 5.41) is 0. The van der Waals surface area contributed by atoms with Crippen LogP contribution in [0.3, 0.4) is 0 Å². The Hall–Kier alpha value is -3.42. The van der Waals surface area contributed by atoms with Crippen LogP contribution in [0, 0.1) is 5.41 Å². The number of hydrogen-bond acceptors (Lipinski definition) is 7. The summed E-state index contributed by atoms with van der Waals surface area (Å²) in [6.07, 6.45) is 1.58. The molecule has 7 nitrogen and oxygen atoms in total. The van der Waals surface area contributed by atoms with Gasteiger partial charge in [0.2, 0.25) is 0 Å². The summed E-state index contributed by atoms with van der Waals surface area (Å²) < 4.78 is 28.4. The highest BCUT2D eigenvalue weighted by molar-refractivity contribution is 5.87. The minimum absolute atomic E-state index is 0.107. The Morgan fingerprint density at radius 1 is 0.816 bits per heavy atom. The molecule has 204 valence electrons. The Balaban J connectivity index is 1.55. The lowest BCUT2D eigenvalue weighted by molar-refractivity contribution is -0.294. The molecular weight excluding hydrogens is 484 g/mol. The van der Waals surface area contributed by atoms with Crippen molar-refractivity contribution in [1.82, 2.24) is 0 Å². The van der Waals surface area contributed by atoms with Crippen LogP contribution in [0.2, 0.25) is 0 Å². The number of esters is 2. The minimum atomic E-state index is -0.698. The van der Waals surface area contributed by atoms with Crippen LogP contribution >= 0.6 is 0 Å². The average Bonchev–Trinajstić information content (AvgIpc) is 2.90. The van der Waals surface area contributed by atoms with Crippen molar-refractivity contribution in [2.24, 2.45) is 5.41 Å². The molecule has 38 heavy (non-hydrogen) atoms. The van der Waals surface area contributed by atoms with E-state index in [9.17, 15) is 9.59 Å². The normalized spacial score (nSPS) is 15.8. The van der Waals surface area contributed by atoms with Gasteiger partial charge in [0.1, 0.15) is 19.0 Å². The number of carbonyl (C=O) groups is 2. The SMILES string of the molecule is C=C(C)C(=O)OCCCc1ccc(-c2ccc(OCC3(COC(=O)C(=C)C)COC(C)(C)OC3)cc2)cc1. The number of carbonyl (C=O) groups excluding carboxylic acids is 2. The van der Waals surface area contributed by atoms with Gasteiger partial charge < -0.3 is 23.7 Å². The topological polar surface area (TPSA) is 80.3 Å². The fraction of sp³-hybridized carbons (Fsp3) is 0.419. The van der Waals surface area contributed by atoms with Gasteiger partial charge in [-0.2, -0.15) is 0 Å². The molecule has 1 aliphatic rings. The van der Waals surface area contributed by atoms with Gasteiger partial charge >= 0.3 is 11.9 Å². The van der Waals surface area contributed by atoms with Crippen LogP contribution in [0.1, 0.15) is 39.7 Å². The molecule has 0 N–H and O–H groups in total. The summed E-state index contributed by atoms with van der Waals surface area (Å²) in [4.78, 5) is 23.4. The average molecular weight is 523 g/mol. The first-order valence-electron chi connectivity index (χ1n) is 12.7. The van der Waals surface area contributed by atoms with E-state index in [1.54, 1.807) is 13.8 Å². The van der Waals surface area contributed by atoms with Crippen molar-refractivity contribution in [2.75, 3.05) is 33.0 Å². The van der Waals surface area contributed by atoms with Crippen molar-refractivity contribution in [1.29, 1.82) is 0 Å². The molecule has 1 fully saturated rings. The van der Waals surface area contributed by atoms with Crippen molar-refractivity contribution in [3.63, 3.8) is 0 Å². The van der Waals surface area contributed by atoms with E-state index in [1.807, 2.05) is 38.1 Å². The van der Waals surface area contributed by atoms with Gasteiger partial charge in [-0.15, -0.1) is 0 Å². The summed E-state index contributed by atoms with van der Waals surface area (Å²) in [6, 6.07) is 16.2. The zero-order valence-electron chi connectivity index (χ0n) is 22.8. The molecule has 1 aliphatic heterocycles. The Kier molecular flexibility index (Phi) is 9.89. The van der Waals surface area contributed by atoms with Crippen LogP contribution in [0.4, 0.5) is 0 Å². The molecular formula is C31H38O7. The van der Waals surface area contributed by atoms with Crippen LogP contribution in [-0.4, -0.2) is 50.8 Å². The number of hydrogen-bond donors (Lipinski definition) is 0. The maximum Gasteiger partial charge on any atom is 0.333 e. The molecule has 7 heteroatoms. The van der Waals surface area contributed by atoms with Gasteiger partial charge in [0.05, 0.1) is 25.2 Å². The lowest BCUT2D eigenvalue weighted by Gasteiger charge is -2.42. The Bertz CT molecular complexity index is 1120.